The minimum Gasteiger partial charge on any atom is -0.545 e. The molecule has 0 fully saturated rings. The number of allylic oxidation sites excluding steroid dienone is 2. The predicted molar refractivity (Wildman–Crippen MR) is 105 cm³/mol. The van der Waals surface area contributed by atoms with Crippen molar-refractivity contribution in [1.82, 2.24) is 0 Å². The van der Waals surface area contributed by atoms with Crippen molar-refractivity contribution < 1.29 is 29.4 Å². The number of hydrogen-bond acceptors (Lipinski definition) is 6. The molecule has 0 aliphatic rings. The van der Waals surface area contributed by atoms with E-state index < -0.39 is 23.5 Å². The molecule has 0 amide bonds. The van der Waals surface area contributed by atoms with E-state index in [4.69, 9.17) is 0 Å². The SMILES string of the molecule is CC=C(C(=O)[O-])C(=O)c1ccccc1.CC=C(C(=O)[O-])C(=O)c1ccccc1.[Ca+2]. The summed E-state index contributed by atoms with van der Waals surface area (Å²) in [6.45, 7) is 2.98. The Morgan fingerprint density at radius 3 is 1.10 bits per heavy atom. The monoisotopic (exact) mass is 418 g/mol. The van der Waals surface area contributed by atoms with E-state index in [0.29, 0.717) is 11.1 Å². The van der Waals surface area contributed by atoms with Crippen LogP contribution in [0, 0.1) is 0 Å². The van der Waals surface area contributed by atoms with E-state index in [1.807, 2.05) is 0 Å². The zero-order valence-electron chi connectivity index (χ0n) is 16.1. The van der Waals surface area contributed by atoms with Crippen molar-refractivity contribution in [3.63, 3.8) is 0 Å². The molecular weight excluding hydrogens is 400 g/mol. The fraction of sp³-hybridized carbons (Fsp3) is 0.0909. The standard InChI is InChI=1S/2C11H10O3.Ca/c2*1-2-9(11(13)14)10(12)8-6-4-3-5-7-8;/h2*2-7H,1H3,(H,13,14);/q;;+2/p-2. The number of carboxylic acids is 2. The van der Waals surface area contributed by atoms with Gasteiger partial charge in [0, 0.05) is 22.3 Å². The van der Waals surface area contributed by atoms with E-state index in [-0.39, 0.29) is 48.9 Å². The van der Waals surface area contributed by atoms with E-state index in [2.05, 4.69) is 0 Å². The molecule has 0 spiro atoms. The molecule has 0 saturated heterocycles. The minimum atomic E-state index is -1.44. The molecule has 29 heavy (non-hydrogen) atoms. The molecule has 2 aromatic carbocycles. The average molecular weight is 418 g/mol. The topological polar surface area (TPSA) is 114 Å². The first-order chi connectivity index (χ1) is 13.3. The maximum Gasteiger partial charge on any atom is 2.00 e. The quantitative estimate of drug-likeness (QED) is 0.225. The first-order valence-corrected chi connectivity index (χ1v) is 8.28. The predicted octanol–water partition coefficient (Wildman–Crippen LogP) is 0.750. The number of carbonyl (C=O) groups excluding carboxylic acids is 4. The largest absolute Gasteiger partial charge is 2.00 e. The van der Waals surface area contributed by atoms with Gasteiger partial charge in [0.2, 0.25) is 0 Å². The molecule has 2 rings (SSSR count). The summed E-state index contributed by atoms with van der Waals surface area (Å²) >= 11 is 0. The van der Waals surface area contributed by atoms with Gasteiger partial charge in [0.15, 0.2) is 11.6 Å². The molecule has 2 aromatic rings. The van der Waals surface area contributed by atoms with Gasteiger partial charge >= 0.3 is 37.7 Å². The van der Waals surface area contributed by atoms with E-state index in [0.717, 1.165) is 0 Å². The normalized spacial score (nSPS) is 10.7. The van der Waals surface area contributed by atoms with Gasteiger partial charge in [-0.15, -0.1) is 0 Å². The molecule has 0 bridgehead atoms. The van der Waals surface area contributed by atoms with Crippen LogP contribution in [0.2, 0.25) is 0 Å². The Bertz CT molecular complexity index is 837. The summed E-state index contributed by atoms with van der Waals surface area (Å²) < 4.78 is 0. The van der Waals surface area contributed by atoms with Gasteiger partial charge in [-0.1, -0.05) is 72.8 Å². The van der Waals surface area contributed by atoms with E-state index in [1.165, 1.54) is 26.0 Å². The van der Waals surface area contributed by atoms with Crippen LogP contribution in [0.1, 0.15) is 34.6 Å². The Labute approximate surface area is 198 Å². The van der Waals surface area contributed by atoms with E-state index in [1.54, 1.807) is 60.7 Å². The van der Waals surface area contributed by atoms with Crippen molar-refractivity contribution in [3.8, 4) is 0 Å². The molecule has 7 heteroatoms. The second-order valence-corrected chi connectivity index (χ2v) is 5.37. The fourth-order valence-corrected chi connectivity index (χ4v) is 2.17. The van der Waals surface area contributed by atoms with Crippen LogP contribution >= 0.6 is 0 Å². The number of carboxylic acid groups (broad SMARTS) is 2. The third kappa shape index (κ3) is 8.15. The van der Waals surface area contributed by atoms with Gasteiger partial charge in [-0.3, -0.25) is 9.59 Å². The third-order valence-corrected chi connectivity index (χ3v) is 3.58. The minimum absolute atomic E-state index is 0. The summed E-state index contributed by atoms with van der Waals surface area (Å²) in [5, 5.41) is 21.1. The summed E-state index contributed by atoms with van der Waals surface area (Å²) in [6.07, 6.45) is 2.48. The average Bonchev–Trinajstić information content (AvgIpc) is 2.70. The smallest absolute Gasteiger partial charge is 0.545 e. The molecule has 144 valence electrons. The van der Waals surface area contributed by atoms with Crippen LogP contribution in [-0.2, 0) is 9.59 Å². The number of aliphatic carboxylic acids is 2. The van der Waals surface area contributed by atoms with E-state index >= 15 is 0 Å². The number of carbonyl (C=O) groups is 4. The van der Waals surface area contributed by atoms with Crippen LogP contribution in [0.3, 0.4) is 0 Å². The molecule has 0 heterocycles. The van der Waals surface area contributed by atoms with Crippen molar-refractivity contribution in [1.29, 1.82) is 0 Å². The number of benzene rings is 2. The van der Waals surface area contributed by atoms with Gasteiger partial charge in [-0.25, -0.2) is 0 Å². The summed E-state index contributed by atoms with van der Waals surface area (Å²) in [5.74, 6) is -3.93. The zero-order valence-corrected chi connectivity index (χ0v) is 18.3. The molecule has 0 saturated carbocycles. The Kier molecular flexibility index (Phi) is 12.4. The maximum absolute atomic E-state index is 11.5. The fourth-order valence-electron chi connectivity index (χ4n) is 2.17. The van der Waals surface area contributed by atoms with Gasteiger partial charge in [0.05, 0.1) is 11.9 Å². The molecular formula is C22H18CaO6. The molecule has 0 aromatic heterocycles. The summed E-state index contributed by atoms with van der Waals surface area (Å²) in [7, 11) is 0. The first kappa shape index (κ1) is 26.5. The van der Waals surface area contributed by atoms with Crippen molar-refractivity contribution in [2.24, 2.45) is 0 Å². The van der Waals surface area contributed by atoms with Gasteiger partial charge in [-0.2, -0.15) is 0 Å². The molecule has 0 aliphatic heterocycles. The summed E-state index contributed by atoms with van der Waals surface area (Å²) in [4.78, 5) is 44.1. The third-order valence-electron chi connectivity index (χ3n) is 3.58. The molecule has 0 aliphatic carbocycles. The van der Waals surface area contributed by atoms with Crippen molar-refractivity contribution in [2.45, 2.75) is 13.8 Å². The maximum atomic E-state index is 11.5. The summed E-state index contributed by atoms with van der Waals surface area (Å²) in [5.41, 5.74) is 0.0852. The number of Topliss-reactive ketones (excluding diaryl/α,β-unsaturated/α-hetero) is 2. The van der Waals surface area contributed by atoms with Crippen molar-refractivity contribution in [2.75, 3.05) is 0 Å². The molecule has 0 atom stereocenters. The number of hydrogen-bond donors (Lipinski definition) is 0. The number of ketones is 2. The van der Waals surface area contributed by atoms with Gasteiger partial charge in [0.25, 0.3) is 0 Å². The number of rotatable bonds is 6. The Morgan fingerprint density at radius 2 is 0.897 bits per heavy atom. The van der Waals surface area contributed by atoms with Gasteiger partial charge in [-0.05, 0) is 13.8 Å². The summed E-state index contributed by atoms with van der Waals surface area (Å²) in [6, 6.07) is 16.5. The first-order valence-electron chi connectivity index (χ1n) is 8.28. The van der Waals surface area contributed by atoms with Crippen LogP contribution in [0.25, 0.3) is 0 Å². The molecule has 0 radical (unpaired) electrons. The second kappa shape index (κ2) is 13.6. The Morgan fingerprint density at radius 1 is 0.621 bits per heavy atom. The van der Waals surface area contributed by atoms with Crippen LogP contribution in [0.15, 0.2) is 84.0 Å². The zero-order chi connectivity index (χ0) is 21.1. The van der Waals surface area contributed by atoms with Crippen molar-refractivity contribution in [3.05, 3.63) is 95.1 Å². The van der Waals surface area contributed by atoms with Crippen molar-refractivity contribution >= 4 is 61.2 Å². The van der Waals surface area contributed by atoms with Gasteiger partial charge < -0.3 is 19.8 Å². The molecule has 0 N–H and O–H groups in total. The second-order valence-electron chi connectivity index (χ2n) is 5.37. The van der Waals surface area contributed by atoms with Crippen LogP contribution in [0.4, 0.5) is 0 Å². The van der Waals surface area contributed by atoms with E-state index in [9.17, 15) is 29.4 Å². The molecule has 0 unspecified atom stereocenters. The van der Waals surface area contributed by atoms with Crippen LogP contribution in [0.5, 0.6) is 0 Å². The molecule has 6 nitrogen and oxygen atoms in total. The Balaban J connectivity index is 0.000000523. The van der Waals surface area contributed by atoms with Crippen LogP contribution < -0.4 is 10.2 Å². The van der Waals surface area contributed by atoms with Crippen LogP contribution in [-0.4, -0.2) is 61.2 Å². The van der Waals surface area contributed by atoms with Gasteiger partial charge in [0.1, 0.15) is 0 Å². The Hall–Kier alpha value is -2.54.